The highest BCUT2D eigenvalue weighted by molar-refractivity contribution is 5.85. The van der Waals surface area contributed by atoms with Crippen LogP contribution in [0.15, 0.2) is 30.3 Å². The molecular weight excluding hydrogens is 236 g/mol. The molecule has 3 nitrogen and oxygen atoms in total. The SMILES string of the molecule is Cl.NCCC(=O)NCC1(c2ccccc2)CC1. The molecule has 94 valence electrons. The van der Waals surface area contributed by atoms with Gasteiger partial charge in [-0.2, -0.15) is 0 Å². The molecule has 4 heteroatoms. The molecule has 1 amide bonds. The maximum atomic E-state index is 11.4. The first kappa shape index (κ1) is 14.0. The second kappa shape index (κ2) is 6.03. The molecule has 0 heterocycles. The molecule has 0 atom stereocenters. The Kier molecular flexibility index (Phi) is 4.97. The molecule has 1 aliphatic carbocycles. The minimum Gasteiger partial charge on any atom is -0.355 e. The molecule has 0 radical (unpaired) electrons. The lowest BCUT2D eigenvalue weighted by Crippen LogP contribution is -2.33. The third-order valence-electron chi connectivity index (χ3n) is 3.24. The number of halogens is 1. The van der Waals surface area contributed by atoms with E-state index in [0.29, 0.717) is 13.0 Å². The normalized spacial score (nSPS) is 15.8. The largest absolute Gasteiger partial charge is 0.355 e. The highest BCUT2D eigenvalue weighted by atomic mass is 35.5. The molecule has 1 fully saturated rings. The fraction of sp³-hybridized carbons (Fsp3) is 0.462. The van der Waals surface area contributed by atoms with Crippen LogP contribution < -0.4 is 11.1 Å². The van der Waals surface area contributed by atoms with Crippen molar-refractivity contribution in [2.45, 2.75) is 24.7 Å². The zero-order valence-corrected chi connectivity index (χ0v) is 10.6. The molecule has 0 aromatic heterocycles. The van der Waals surface area contributed by atoms with Gasteiger partial charge in [0.15, 0.2) is 0 Å². The summed E-state index contributed by atoms with van der Waals surface area (Å²) in [5, 5.41) is 2.97. The van der Waals surface area contributed by atoms with Gasteiger partial charge in [-0.3, -0.25) is 4.79 Å². The molecule has 1 aromatic carbocycles. The van der Waals surface area contributed by atoms with Crippen LogP contribution in [0.25, 0.3) is 0 Å². The summed E-state index contributed by atoms with van der Waals surface area (Å²) in [5.41, 5.74) is 6.87. The Labute approximate surface area is 108 Å². The summed E-state index contributed by atoms with van der Waals surface area (Å²) in [4.78, 5) is 11.4. The van der Waals surface area contributed by atoms with Gasteiger partial charge in [0.2, 0.25) is 5.91 Å². The van der Waals surface area contributed by atoms with E-state index in [0.717, 1.165) is 6.54 Å². The summed E-state index contributed by atoms with van der Waals surface area (Å²) in [7, 11) is 0. The van der Waals surface area contributed by atoms with Gasteiger partial charge in [-0.25, -0.2) is 0 Å². The van der Waals surface area contributed by atoms with Crippen LogP contribution in [0.2, 0.25) is 0 Å². The maximum absolute atomic E-state index is 11.4. The highest BCUT2D eigenvalue weighted by Crippen LogP contribution is 2.47. The number of carbonyl (C=O) groups is 1. The molecule has 0 unspecified atom stereocenters. The zero-order valence-electron chi connectivity index (χ0n) is 9.82. The minimum absolute atomic E-state index is 0. The van der Waals surface area contributed by atoms with Crippen molar-refractivity contribution in [3.8, 4) is 0 Å². The van der Waals surface area contributed by atoms with E-state index in [-0.39, 0.29) is 23.7 Å². The van der Waals surface area contributed by atoms with Crippen LogP contribution in [0.3, 0.4) is 0 Å². The lowest BCUT2D eigenvalue weighted by Gasteiger charge is -2.16. The summed E-state index contributed by atoms with van der Waals surface area (Å²) >= 11 is 0. The first-order valence-electron chi connectivity index (χ1n) is 5.79. The fourth-order valence-corrected chi connectivity index (χ4v) is 2.00. The average molecular weight is 255 g/mol. The quantitative estimate of drug-likeness (QED) is 0.839. The van der Waals surface area contributed by atoms with E-state index in [9.17, 15) is 4.79 Å². The van der Waals surface area contributed by atoms with E-state index in [1.165, 1.54) is 18.4 Å². The molecule has 0 spiro atoms. The Morgan fingerprint density at radius 2 is 1.94 bits per heavy atom. The summed E-state index contributed by atoms with van der Waals surface area (Å²) < 4.78 is 0. The van der Waals surface area contributed by atoms with Crippen LogP contribution in [0, 0.1) is 0 Å². The second-order valence-corrected chi connectivity index (χ2v) is 4.46. The van der Waals surface area contributed by atoms with Crippen LogP contribution in [0.1, 0.15) is 24.8 Å². The topological polar surface area (TPSA) is 55.1 Å². The van der Waals surface area contributed by atoms with Gasteiger partial charge in [0.25, 0.3) is 0 Å². The van der Waals surface area contributed by atoms with Gasteiger partial charge >= 0.3 is 0 Å². The van der Waals surface area contributed by atoms with Crippen LogP contribution in [0.5, 0.6) is 0 Å². The molecule has 1 aliphatic rings. The van der Waals surface area contributed by atoms with Gasteiger partial charge in [-0.05, 0) is 18.4 Å². The van der Waals surface area contributed by atoms with E-state index in [1.54, 1.807) is 0 Å². The lowest BCUT2D eigenvalue weighted by atomic mass is 9.96. The minimum atomic E-state index is 0. The van der Waals surface area contributed by atoms with Gasteiger partial charge in [-0.1, -0.05) is 30.3 Å². The predicted molar refractivity (Wildman–Crippen MR) is 71.3 cm³/mol. The van der Waals surface area contributed by atoms with E-state index in [4.69, 9.17) is 5.73 Å². The Morgan fingerprint density at radius 3 is 2.47 bits per heavy atom. The van der Waals surface area contributed by atoms with Crippen molar-refractivity contribution >= 4 is 18.3 Å². The summed E-state index contributed by atoms with van der Waals surface area (Å²) in [6.07, 6.45) is 2.75. The van der Waals surface area contributed by atoms with Crippen LogP contribution in [-0.4, -0.2) is 19.0 Å². The highest BCUT2D eigenvalue weighted by Gasteiger charge is 2.44. The number of carbonyl (C=O) groups excluding carboxylic acids is 1. The molecule has 3 N–H and O–H groups in total. The second-order valence-electron chi connectivity index (χ2n) is 4.46. The standard InChI is InChI=1S/C13H18N2O.ClH/c14-9-6-12(16)15-10-13(7-8-13)11-4-2-1-3-5-11;/h1-5H,6-10,14H2,(H,15,16);1H. The Balaban J connectivity index is 0.00000144. The Hall–Kier alpha value is -1.06. The number of nitrogens with two attached hydrogens (primary N) is 1. The number of nitrogens with one attached hydrogen (secondary N) is 1. The smallest absolute Gasteiger partial charge is 0.221 e. The van der Waals surface area contributed by atoms with E-state index in [1.807, 2.05) is 6.07 Å². The third-order valence-corrected chi connectivity index (χ3v) is 3.24. The molecular formula is C13H19ClN2O. The predicted octanol–water partition coefficient (Wildman–Crippen LogP) is 1.60. The van der Waals surface area contributed by atoms with Gasteiger partial charge in [-0.15, -0.1) is 12.4 Å². The van der Waals surface area contributed by atoms with Crippen molar-refractivity contribution in [3.05, 3.63) is 35.9 Å². The zero-order chi connectivity index (χ0) is 11.4. The summed E-state index contributed by atoms with van der Waals surface area (Å²) in [6, 6.07) is 10.4. The van der Waals surface area contributed by atoms with Gasteiger partial charge in [0, 0.05) is 24.9 Å². The molecule has 0 aliphatic heterocycles. The van der Waals surface area contributed by atoms with E-state index >= 15 is 0 Å². The summed E-state index contributed by atoms with van der Waals surface area (Å²) in [5.74, 6) is 0.0599. The summed E-state index contributed by atoms with van der Waals surface area (Å²) in [6.45, 7) is 1.17. The van der Waals surface area contributed by atoms with Crippen molar-refractivity contribution in [2.75, 3.05) is 13.1 Å². The molecule has 1 saturated carbocycles. The number of hydrogen-bond donors (Lipinski definition) is 2. The third kappa shape index (κ3) is 3.45. The van der Waals surface area contributed by atoms with Crippen LogP contribution in [-0.2, 0) is 10.2 Å². The molecule has 1 aromatic rings. The Bertz CT molecular complexity index is 363. The van der Waals surface area contributed by atoms with Crippen molar-refractivity contribution in [2.24, 2.45) is 5.73 Å². The lowest BCUT2D eigenvalue weighted by molar-refractivity contribution is -0.121. The monoisotopic (exact) mass is 254 g/mol. The van der Waals surface area contributed by atoms with Crippen LogP contribution >= 0.6 is 12.4 Å². The molecule has 0 bridgehead atoms. The number of hydrogen-bond acceptors (Lipinski definition) is 2. The molecule has 2 rings (SSSR count). The van der Waals surface area contributed by atoms with Crippen molar-refractivity contribution < 1.29 is 4.79 Å². The van der Waals surface area contributed by atoms with Crippen molar-refractivity contribution in [1.29, 1.82) is 0 Å². The van der Waals surface area contributed by atoms with E-state index < -0.39 is 0 Å². The molecule has 17 heavy (non-hydrogen) atoms. The maximum Gasteiger partial charge on any atom is 0.221 e. The van der Waals surface area contributed by atoms with Crippen molar-refractivity contribution in [3.63, 3.8) is 0 Å². The van der Waals surface area contributed by atoms with Crippen LogP contribution in [0.4, 0.5) is 0 Å². The van der Waals surface area contributed by atoms with Gasteiger partial charge in [0.05, 0.1) is 0 Å². The number of amides is 1. The fourth-order valence-electron chi connectivity index (χ4n) is 2.00. The first-order valence-corrected chi connectivity index (χ1v) is 5.79. The van der Waals surface area contributed by atoms with Gasteiger partial charge in [0.1, 0.15) is 0 Å². The van der Waals surface area contributed by atoms with Crippen molar-refractivity contribution in [1.82, 2.24) is 5.32 Å². The number of benzene rings is 1. The van der Waals surface area contributed by atoms with Gasteiger partial charge < -0.3 is 11.1 Å². The number of rotatable bonds is 5. The Morgan fingerprint density at radius 1 is 1.29 bits per heavy atom. The molecule has 0 saturated heterocycles. The first-order chi connectivity index (χ1) is 7.77. The average Bonchev–Trinajstić information content (AvgIpc) is 3.09. The van der Waals surface area contributed by atoms with E-state index in [2.05, 4.69) is 29.6 Å².